The number of aromatic amines is 1. The maximum Gasteiger partial charge on any atom is 0.416 e. The van der Waals surface area contributed by atoms with Crippen LogP contribution in [0.3, 0.4) is 0 Å². The Hall–Kier alpha value is -2.35. The number of benzene rings is 1. The fraction of sp³-hybridized carbons (Fsp3) is 0.375. The molecule has 1 aromatic heterocycles. The molecule has 1 N–H and O–H groups in total. The number of aromatic nitrogens is 1. The van der Waals surface area contributed by atoms with Gasteiger partial charge in [0.1, 0.15) is 5.56 Å². The Morgan fingerprint density at radius 1 is 1.38 bits per heavy atom. The minimum atomic E-state index is -4.55. The molecule has 1 fully saturated rings. The summed E-state index contributed by atoms with van der Waals surface area (Å²) in [5.41, 5.74) is 0.752. The van der Waals surface area contributed by atoms with E-state index in [0.29, 0.717) is 10.9 Å². The Morgan fingerprint density at radius 2 is 2.12 bits per heavy atom. The monoisotopic (exact) mass is 340 g/mol. The molecule has 2 heterocycles. The molecule has 1 atom stereocenters. The average molecular weight is 340 g/mol. The summed E-state index contributed by atoms with van der Waals surface area (Å²) in [6.45, 7) is 0.980. The van der Waals surface area contributed by atoms with Gasteiger partial charge in [0.2, 0.25) is 5.43 Å². The summed E-state index contributed by atoms with van der Waals surface area (Å²) >= 11 is 0. The van der Waals surface area contributed by atoms with Crippen molar-refractivity contribution in [2.24, 2.45) is 0 Å². The van der Waals surface area contributed by atoms with Crippen molar-refractivity contribution in [2.45, 2.75) is 19.2 Å². The Labute approximate surface area is 135 Å². The van der Waals surface area contributed by atoms with E-state index in [1.807, 2.05) is 13.0 Å². The van der Waals surface area contributed by atoms with Crippen molar-refractivity contribution in [1.29, 1.82) is 0 Å². The van der Waals surface area contributed by atoms with Crippen LogP contribution in [0, 0.1) is 6.92 Å². The minimum absolute atomic E-state index is 0.0106. The first-order valence-corrected chi connectivity index (χ1v) is 7.37. The number of hydrogen-bond donors (Lipinski definition) is 1. The zero-order chi connectivity index (χ0) is 17.5. The van der Waals surface area contributed by atoms with Crippen LogP contribution in [0.25, 0.3) is 10.9 Å². The van der Waals surface area contributed by atoms with E-state index in [-0.39, 0.29) is 18.7 Å². The highest BCUT2D eigenvalue weighted by atomic mass is 19.4. The number of nitrogens with zero attached hydrogens (tertiary/aromatic N) is 1. The van der Waals surface area contributed by atoms with Gasteiger partial charge in [-0.3, -0.25) is 9.59 Å². The minimum Gasteiger partial charge on any atom is -0.365 e. The van der Waals surface area contributed by atoms with Crippen LogP contribution in [0.1, 0.15) is 15.9 Å². The van der Waals surface area contributed by atoms with E-state index in [0.717, 1.165) is 10.5 Å². The van der Waals surface area contributed by atoms with Gasteiger partial charge in [-0.05, 0) is 19.1 Å². The molecule has 1 saturated heterocycles. The van der Waals surface area contributed by atoms with Crippen molar-refractivity contribution >= 4 is 16.8 Å². The molecule has 3 rings (SSSR count). The number of alkyl halides is 3. The molecule has 24 heavy (non-hydrogen) atoms. The summed E-state index contributed by atoms with van der Waals surface area (Å²) < 4.78 is 43.0. The van der Waals surface area contributed by atoms with Gasteiger partial charge in [0.25, 0.3) is 5.91 Å². The zero-order valence-electron chi connectivity index (χ0n) is 12.8. The lowest BCUT2D eigenvalue weighted by Crippen LogP contribution is -2.51. The van der Waals surface area contributed by atoms with E-state index in [4.69, 9.17) is 0 Å². The Bertz CT molecular complexity index is 845. The zero-order valence-corrected chi connectivity index (χ0v) is 12.8. The van der Waals surface area contributed by atoms with Crippen LogP contribution >= 0.6 is 0 Å². The number of H-pyrrole nitrogens is 1. The quantitative estimate of drug-likeness (QED) is 0.866. The lowest BCUT2D eigenvalue weighted by Gasteiger charge is -2.33. The first kappa shape index (κ1) is 16.5. The standard InChI is InChI=1S/C16H15F3N2O3/c1-9-2-3-12-10(6-9)14(22)11(7-20-12)15(23)21-4-5-24-13(8-21)16(17,18)19/h2-3,6-7,13H,4-5,8H2,1H3,(H,20,22). The average Bonchev–Trinajstić information content (AvgIpc) is 2.54. The molecule has 8 heteroatoms. The first-order chi connectivity index (χ1) is 11.3. The van der Waals surface area contributed by atoms with Crippen molar-refractivity contribution in [2.75, 3.05) is 19.7 Å². The molecule has 128 valence electrons. The number of carbonyl (C=O) groups excluding carboxylic acids is 1. The van der Waals surface area contributed by atoms with Crippen LogP contribution in [-0.4, -0.2) is 47.8 Å². The molecule has 1 aliphatic heterocycles. The molecule has 0 aliphatic carbocycles. The summed E-state index contributed by atoms with van der Waals surface area (Å²) in [5, 5.41) is 0.335. The highest BCUT2D eigenvalue weighted by Gasteiger charge is 2.44. The smallest absolute Gasteiger partial charge is 0.365 e. The van der Waals surface area contributed by atoms with Crippen LogP contribution in [0.2, 0.25) is 0 Å². The summed E-state index contributed by atoms with van der Waals surface area (Å²) in [6.07, 6.45) is -5.33. The molecule has 1 unspecified atom stereocenters. The van der Waals surface area contributed by atoms with Gasteiger partial charge < -0.3 is 14.6 Å². The molecular formula is C16H15F3N2O3. The third-order valence-corrected chi connectivity index (χ3v) is 3.99. The predicted molar refractivity (Wildman–Crippen MR) is 81.0 cm³/mol. The number of hydrogen-bond acceptors (Lipinski definition) is 3. The predicted octanol–water partition coefficient (Wildman–Crippen LogP) is 2.24. The lowest BCUT2D eigenvalue weighted by atomic mass is 10.1. The maximum absolute atomic E-state index is 12.8. The number of halogens is 3. The van der Waals surface area contributed by atoms with Crippen molar-refractivity contribution in [3.05, 3.63) is 45.7 Å². The molecule has 0 radical (unpaired) electrons. The number of rotatable bonds is 1. The van der Waals surface area contributed by atoms with Crippen LogP contribution in [0.15, 0.2) is 29.2 Å². The van der Waals surface area contributed by atoms with Crippen LogP contribution in [0.4, 0.5) is 13.2 Å². The van der Waals surface area contributed by atoms with E-state index >= 15 is 0 Å². The highest BCUT2D eigenvalue weighted by Crippen LogP contribution is 2.26. The summed E-state index contributed by atoms with van der Waals surface area (Å²) in [6, 6.07) is 5.17. The van der Waals surface area contributed by atoms with E-state index in [1.165, 1.54) is 6.20 Å². The lowest BCUT2D eigenvalue weighted by molar-refractivity contribution is -0.233. The van der Waals surface area contributed by atoms with Gasteiger partial charge in [-0.15, -0.1) is 0 Å². The van der Waals surface area contributed by atoms with E-state index in [9.17, 15) is 22.8 Å². The van der Waals surface area contributed by atoms with Gasteiger partial charge in [-0.2, -0.15) is 13.2 Å². The van der Waals surface area contributed by atoms with Crippen molar-refractivity contribution in [3.63, 3.8) is 0 Å². The number of pyridine rings is 1. The van der Waals surface area contributed by atoms with Gasteiger partial charge >= 0.3 is 6.18 Å². The summed E-state index contributed by atoms with van der Waals surface area (Å²) in [4.78, 5) is 28.9. The number of ether oxygens (including phenoxy) is 1. The fourth-order valence-electron chi connectivity index (χ4n) is 2.69. The number of carbonyl (C=O) groups is 1. The number of amides is 1. The second-order valence-corrected chi connectivity index (χ2v) is 5.73. The number of aryl methyl sites for hydroxylation is 1. The SMILES string of the molecule is Cc1ccc2[nH]cc(C(=O)N3CCOC(C(F)(F)F)C3)c(=O)c2c1. The van der Waals surface area contributed by atoms with Gasteiger partial charge in [-0.25, -0.2) is 0 Å². The molecule has 1 aliphatic rings. The number of morpholine rings is 1. The van der Waals surface area contributed by atoms with Crippen molar-refractivity contribution in [1.82, 2.24) is 9.88 Å². The van der Waals surface area contributed by atoms with Gasteiger partial charge in [0.05, 0.1) is 13.2 Å². The molecule has 0 bridgehead atoms. The van der Waals surface area contributed by atoms with E-state index in [2.05, 4.69) is 9.72 Å². The maximum atomic E-state index is 12.8. The van der Waals surface area contributed by atoms with E-state index in [1.54, 1.807) is 12.1 Å². The van der Waals surface area contributed by atoms with Crippen molar-refractivity contribution in [3.8, 4) is 0 Å². The third kappa shape index (κ3) is 3.01. The topological polar surface area (TPSA) is 62.4 Å². The van der Waals surface area contributed by atoms with E-state index < -0.39 is 30.2 Å². The largest absolute Gasteiger partial charge is 0.416 e. The first-order valence-electron chi connectivity index (χ1n) is 7.37. The highest BCUT2D eigenvalue weighted by molar-refractivity contribution is 5.97. The molecule has 0 saturated carbocycles. The Kier molecular flexibility index (Phi) is 4.08. The van der Waals surface area contributed by atoms with Crippen molar-refractivity contribution < 1.29 is 22.7 Å². The van der Waals surface area contributed by atoms with Gasteiger partial charge in [0, 0.05) is 23.6 Å². The van der Waals surface area contributed by atoms with Gasteiger partial charge in [-0.1, -0.05) is 11.6 Å². The normalized spacial score (nSPS) is 18.8. The molecule has 1 aromatic carbocycles. The summed E-state index contributed by atoms with van der Waals surface area (Å²) in [5.74, 6) is -0.725. The second kappa shape index (κ2) is 5.94. The third-order valence-electron chi connectivity index (χ3n) is 3.99. The molecular weight excluding hydrogens is 325 g/mol. The summed E-state index contributed by atoms with van der Waals surface area (Å²) in [7, 11) is 0. The van der Waals surface area contributed by atoms with Crippen LogP contribution < -0.4 is 5.43 Å². The van der Waals surface area contributed by atoms with Crippen LogP contribution in [0.5, 0.6) is 0 Å². The molecule has 1 amide bonds. The molecule has 2 aromatic rings. The Morgan fingerprint density at radius 3 is 2.83 bits per heavy atom. The molecule has 0 spiro atoms. The van der Waals surface area contributed by atoms with Gasteiger partial charge in [0.15, 0.2) is 6.10 Å². The number of nitrogens with one attached hydrogen (secondary N) is 1. The fourth-order valence-corrected chi connectivity index (χ4v) is 2.69. The Balaban J connectivity index is 1.94. The second-order valence-electron chi connectivity index (χ2n) is 5.73. The molecule has 5 nitrogen and oxygen atoms in total. The van der Waals surface area contributed by atoms with Crippen LogP contribution in [-0.2, 0) is 4.74 Å². The number of fused-ring (bicyclic) bond motifs is 1.